The predicted molar refractivity (Wildman–Crippen MR) is 109 cm³/mol. The van der Waals surface area contributed by atoms with Gasteiger partial charge in [0.05, 0.1) is 5.56 Å². The molecule has 28 heavy (non-hydrogen) atoms. The van der Waals surface area contributed by atoms with Crippen LogP contribution in [0.1, 0.15) is 60.7 Å². The molecule has 146 valence electrons. The molecule has 1 aliphatic carbocycles. The minimum absolute atomic E-state index is 0.0381. The van der Waals surface area contributed by atoms with Crippen LogP contribution in [-0.4, -0.2) is 33.8 Å². The third-order valence-corrected chi connectivity index (χ3v) is 6.05. The summed E-state index contributed by atoms with van der Waals surface area (Å²) in [6.07, 6.45) is 4.86. The second kappa shape index (κ2) is 6.73. The minimum Gasteiger partial charge on any atom is -0.333 e. The van der Waals surface area contributed by atoms with Crippen molar-refractivity contribution in [3.8, 4) is 0 Å². The van der Waals surface area contributed by atoms with Gasteiger partial charge >= 0.3 is 0 Å². The van der Waals surface area contributed by atoms with E-state index in [4.69, 9.17) is 0 Å². The van der Waals surface area contributed by atoms with Crippen LogP contribution in [0.5, 0.6) is 0 Å². The molecule has 4 rings (SSSR count). The molecule has 2 aromatic rings. The molecule has 2 heterocycles. The van der Waals surface area contributed by atoms with Gasteiger partial charge in [-0.1, -0.05) is 32.0 Å². The van der Waals surface area contributed by atoms with Gasteiger partial charge < -0.3 is 10.2 Å². The summed E-state index contributed by atoms with van der Waals surface area (Å²) >= 11 is 0. The van der Waals surface area contributed by atoms with Crippen molar-refractivity contribution < 1.29 is 9.59 Å². The van der Waals surface area contributed by atoms with Crippen LogP contribution in [0.25, 0.3) is 0 Å². The number of rotatable bonds is 3. The zero-order valence-corrected chi connectivity index (χ0v) is 16.7. The Morgan fingerprint density at radius 3 is 2.46 bits per heavy atom. The number of carbonyl (C=O) groups is 2. The second-order valence-corrected chi connectivity index (χ2v) is 9.28. The van der Waals surface area contributed by atoms with Gasteiger partial charge in [-0.2, -0.15) is 0 Å². The first-order valence-corrected chi connectivity index (χ1v) is 9.90. The number of likely N-dealkylation sites (tertiary alicyclic amines) is 1. The first kappa shape index (κ1) is 18.7. The molecule has 2 atom stereocenters. The van der Waals surface area contributed by atoms with Crippen molar-refractivity contribution in [2.24, 2.45) is 11.3 Å². The van der Waals surface area contributed by atoms with Crippen LogP contribution >= 0.6 is 0 Å². The molecule has 1 aromatic carbocycles. The predicted octanol–water partition coefficient (Wildman–Crippen LogP) is 4.37. The van der Waals surface area contributed by atoms with Gasteiger partial charge in [0.15, 0.2) is 0 Å². The van der Waals surface area contributed by atoms with Gasteiger partial charge in [0.2, 0.25) is 0 Å². The summed E-state index contributed by atoms with van der Waals surface area (Å²) in [6, 6.07) is 12.5. The van der Waals surface area contributed by atoms with Crippen LogP contribution in [0, 0.1) is 11.3 Å². The maximum absolute atomic E-state index is 13.2. The van der Waals surface area contributed by atoms with Crippen LogP contribution in [0.4, 0.5) is 5.82 Å². The van der Waals surface area contributed by atoms with E-state index >= 15 is 0 Å². The van der Waals surface area contributed by atoms with E-state index in [2.05, 4.69) is 31.1 Å². The number of nitrogens with one attached hydrogen (secondary N) is 1. The molecule has 1 saturated carbocycles. The number of hydrogen-bond acceptors (Lipinski definition) is 3. The molecule has 2 bridgehead atoms. The quantitative estimate of drug-likeness (QED) is 0.864. The first-order valence-electron chi connectivity index (χ1n) is 9.90. The van der Waals surface area contributed by atoms with E-state index in [1.165, 1.54) is 6.42 Å². The van der Waals surface area contributed by atoms with E-state index in [1.807, 2.05) is 23.1 Å². The maximum atomic E-state index is 13.2. The smallest absolute Gasteiger partial charge is 0.256 e. The van der Waals surface area contributed by atoms with Crippen LogP contribution in [0.3, 0.4) is 0 Å². The highest BCUT2D eigenvalue weighted by atomic mass is 16.2. The second-order valence-electron chi connectivity index (χ2n) is 9.28. The monoisotopic (exact) mass is 377 g/mol. The Bertz CT molecular complexity index is 892. The van der Waals surface area contributed by atoms with E-state index in [-0.39, 0.29) is 22.8 Å². The zero-order chi connectivity index (χ0) is 19.9. The molecule has 2 aliphatic rings. The molecular weight excluding hydrogens is 350 g/mol. The molecule has 0 radical (unpaired) electrons. The summed E-state index contributed by atoms with van der Waals surface area (Å²) < 4.78 is 0. The van der Waals surface area contributed by atoms with Crippen molar-refractivity contribution in [1.29, 1.82) is 0 Å². The molecule has 1 aliphatic heterocycles. The SMILES string of the molecule is CC1(C)CC2CN(C(=O)c3ccc(NC(=O)c4ccccc4)nc3)C(C)(C2)C1. The Morgan fingerprint density at radius 1 is 1.04 bits per heavy atom. The first-order chi connectivity index (χ1) is 13.3. The number of fused-ring (bicyclic) bond motifs is 2. The Hall–Kier alpha value is -2.69. The Labute approximate surface area is 166 Å². The molecule has 5 nitrogen and oxygen atoms in total. The summed E-state index contributed by atoms with van der Waals surface area (Å²) in [5.41, 5.74) is 1.34. The molecule has 1 N–H and O–H groups in total. The number of hydrogen-bond donors (Lipinski definition) is 1. The van der Waals surface area contributed by atoms with E-state index in [0.717, 1.165) is 19.4 Å². The van der Waals surface area contributed by atoms with E-state index in [9.17, 15) is 9.59 Å². The molecule has 2 amide bonds. The molecule has 2 fully saturated rings. The minimum atomic E-state index is -0.213. The average Bonchev–Trinajstić information content (AvgIpc) is 2.91. The van der Waals surface area contributed by atoms with Gasteiger partial charge in [-0.05, 0) is 61.8 Å². The Balaban J connectivity index is 1.47. The normalized spacial score (nSPS) is 25.4. The molecule has 5 heteroatoms. The van der Waals surface area contributed by atoms with E-state index < -0.39 is 0 Å². The molecular formula is C23H27N3O2. The highest BCUT2D eigenvalue weighted by Crippen LogP contribution is 2.51. The Kier molecular flexibility index (Phi) is 4.48. The van der Waals surface area contributed by atoms with Crippen LogP contribution in [-0.2, 0) is 0 Å². The fourth-order valence-corrected chi connectivity index (χ4v) is 5.32. The highest BCUT2D eigenvalue weighted by molar-refractivity contribution is 6.04. The van der Waals surface area contributed by atoms with Gasteiger partial charge in [-0.15, -0.1) is 0 Å². The molecule has 1 aromatic heterocycles. The number of pyridine rings is 1. The standard InChI is InChI=1S/C23H27N3O2/c1-22(2)11-16-12-23(3,15-22)26(14-16)21(28)18-9-10-19(24-13-18)25-20(27)17-7-5-4-6-8-17/h4-10,13,16H,11-12,14-15H2,1-3H3,(H,24,25,27). The largest absolute Gasteiger partial charge is 0.333 e. The summed E-state index contributed by atoms with van der Waals surface area (Å²) in [5, 5.41) is 2.77. The number of amides is 2. The third-order valence-electron chi connectivity index (χ3n) is 6.05. The van der Waals surface area contributed by atoms with Crippen molar-refractivity contribution in [1.82, 2.24) is 9.88 Å². The molecule has 1 saturated heterocycles. The van der Waals surface area contributed by atoms with Gasteiger partial charge in [0, 0.05) is 23.8 Å². The maximum Gasteiger partial charge on any atom is 0.256 e. The number of benzene rings is 1. The lowest BCUT2D eigenvalue weighted by atomic mass is 9.67. The lowest BCUT2D eigenvalue weighted by Gasteiger charge is -2.43. The summed E-state index contributed by atoms with van der Waals surface area (Å²) in [4.78, 5) is 31.7. The Morgan fingerprint density at radius 2 is 1.79 bits per heavy atom. The van der Waals surface area contributed by atoms with Crippen LogP contribution in [0.2, 0.25) is 0 Å². The number of aromatic nitrogens is 1. The third kappa shape index (κ3) is 3.53. The van der Waals surface area contributed by atoms with Crippen molar-refractivity contribution in [3.63, 3.8) is 0 Å². The fraction of sp³-hybridized carbons (Fsp3) is 0.435. The van der Waals surface area contributed by atoms with Crippen LogP contribution in [0.15, 0.2) is 48.7 Å². The van der Waals surface area contributed by atoms with Gasteiger partial charge in [0.25, 0.3) is 11.8 Å². The van der Waals surface area contributed by atoms with E-state index in [0.29, 0.717) is 22.9 Å². The fourth-order valence-electron chi connectivity index (χ4n) is 5.32. The average molecular weight is 377 g/mol. The zero-order valence-electron chi connectivity index (χ0n) is 16.7. The van der Waals surface area contributed by atoms with Gasteiger partial charge in [0.1, 0.15) is 5.82 Å². The van der Waals surface area contributed by atoms with Crippen molar-refractivity contribution >= 4 is 17.6 Å². The van der Waals surface area contributed by atoms with Crippen molar-refractivity contribution in [3.05, 3.63) is 59.8 Å². The number of anilines is 1. The van der Waals surface area contributed by atoms with E-state index in [1.54, 1.807) is 30.5 Å². The topological polar surface area (TPSA) is 62.3 Å². The van der Waals surface area contributed by atoms with Crippen LogP contribution < -0.4 is 5.32 Å². The van der Waals surface area contributed by atoms with Crippen molar-refractivity contribution in [2.75, 3.05) is 11.9 Å². The number of carbonyl (C=O) groups excluding carboxylic acids is 2. The summed E-state index contributed by atoms with van der Waals surface area (Å²) in [5.74, 6) is 0.847. The molecule has 2 unspecified atom stereocenters. The number of nitrogens with zero attached hydrogens (tertiary/aromatic N) is 2. The molecule has 0 spiro atoms. The van der Waals surface area contributed by atoms with Gasteiger partial charge in [-0.25, -0.2) is 4.98 Å². The lowest BCUT2D eigenvalue weighted by molar-refractivity contribution is 0.0509. The van der Waals surface area contributed by atoms with Crippen molar-refractivity contribution in [2.45, 2.75) is 45.6 Å². The van der Waals surface area contributed by atoms with Gasteiger partial charge in [-0.3, -0.25) is 9.59 Å². The highest BCUT2D eigenvalue weighted by Gasteiger charge is 2.52. The lowest BCUT2D eigenvalue weighted by Crippen LogP contribution is -2.47. The summed E-state index contributed by atoms with van der Waals surface area (Å²) in [7, 11) is 0. The summed E-state index contributed by atoms with van der Waals surface area (Å²) in [6.45, 7) is 7.65.